The van der Waals surface area contributed by atoms with Gasteiger partial charge in [-0.15, -0.1) is 0 Å². The molecule has 0 aromatic carbocycles. The Bertz CT molecular complexity index is 395. The van der Waals surface area contributed by atoms with Crippen molar-refractivity contribution < 1.29 is 0 Å². The lowest BCUT2D eigenvalue weighted by Crippen LogP contribution is -2.45. The third-order valence-corrected chi connectivity index (χ3v) is 3.68. The van der Waals surface area contributed by atoms with Crippen LogP contribution in [0, 0.1) is 0 Å². The number of nitrogens with one attached hydrogen (secondary N) is 1. The third kappa shape index (κ3) is 3.80. The van der Waals surface area contributed by atoms with Gasteiger partial charge in [0.2, 0.25) is 5.95 Å². The molecule has 0 spiro atoms. The molecule has 1 atom stereocenters. The number of rotatable bonds is 5. The zero-order chi connectivity index (χ0) is 13.7. The van der Waals surface area contributed by atoms with Crippen LogP contribution in [-0.4, -0.2) is 54.6 Å². The highest BCUT2D eigenvalue weighted by Crippen LogP contribution is 2.19. The lowest BCUT2D eigenvalue weighted by molar-refractivity contribution is 0.247. The first-order chi connectivity index (χ1) is 9.20. The Labute approximate surface area is 116 Å². The summed E-state index contributed by atoms with van der Waals surface area (Å²) in [6, 6.07) is 2.54. The summed E-state index contributed by atoms with van der Waals surface area (Å²) < 4.78 is 0. The van der Waals surface area contributed by atoms with E-state index in [0.29, 0.717) is 6.04 Å². The van der Waals surface area contributed by atoms with Gasteiger partial charge in [0.25, 0.3) is 0 Å². The molecule has 1 saturated heterocycles. The maximum atomic E-state index is 4.60. The Morgan fingerprint density at radius 3 is 3.11 bits per heavy atom. The summed E-state index contributed by atoms with van der Waals surface area (Å²) in [5.41, 5.74) is 0. The number of anilines is 2. The molecule has 5 heteroatoms. The Hall–Kier alpha value is -1.36. The molecule has 2 heterocycles. The van der Waals surface area contributed by atoms with Crippen LogP contribution in [0.4, 0.5) is 11.8 Å². The van der Waals surface area contributed by atoms with E-state index in [1.165, 1.54) is 19.4 Å². The van der Waals surface area contributed by atoms with Crippen molar-refractivity contribution in [1.29, 1.82) is 0 Å². The van der Waals surface area contributed by atoms with E-state index in [0.717, 1.165) is 31.3 Å². The summed E-state index contributed by atoms with van der Waals surface area (Å²) in [6.07, 6.45) is 5.42. The van der Waals surface area contributed by atoms with Crippen molar-refractivity contribution in [2.75, 3.05) is 43.9 Å². The van der Waals surface area contributed by atoms with Gasteiger partial charge < -0.3 is 15.1 Å². The largest absolute Gasteiger partial charge is 0.355 e. The molecule has 0 saturated carbocycles. The number of hydrogen-bond donors (Lipinski definition) is 1. The van der Waals surface area contributed by atoms with E-state index in [1.807, 2.05) is 12.3 Å². The highest BCUT2D eigenvalue weighted by molar-refractivity contribution is 5.42. The molecular formula is C14H25N5. The number of nitrogens with zero attached hydrogens (tertiary/aromatic N) is 4. The molecule has 2 rings (SSSR count). The predicted octanol–water partition coefficient (Wildman–Crippen LogP) is 1.83. The van der Waals surface area contributed by atoms with E-state index in [1.54, 1.807) is 0 Å². The maximum Gasteiger partial charge on any atom is 0.224 e. The molecule has 5 nitrogen and oxygen atoms in total. The highest BCUT2D eigenvalue weighted by atomic mass is 15.3. The van der Waals surface area contributed by atoms with Crippen molar-refractivity contribution in [3.8, 4) is 0 Å². The van der Waals surface area contributed by atoms with E-state index >= 15 is 0 Å². The second-order valence-corrected chi connectivity index (χ2v) is 5.33. The van der Waals surface area contributed by atoms with Crippen LogP contribution in [0.3, 0.4) is 0 Å². The van der Waals surface area contributed by atoms with Crippen molar-refractivity contribution in [1.82, 2.24) is 14.9 Å². The summed E-state index contributed by atoms with van der Waals surface area (Å²) >= 11 is 0. The number of aromatic nitrogens is 2. The molecule has 1 aliphatic heterocycles. The molecule has 19 heavy (non-hydrogen) atoms. The normalized spacial score (nSPS) is 20.3. The van der Waals surface area contributed by atoms with Gasteiger partial charge in [-0.2, -0.15) is 4.98 Å². The van der Waals surface area contributed by atoms with Gasteiger partial charge in [0.05, 0.1) is 0 Å². The molecule has 106 valence electrons. The van der Waals surface area contributed by atoms with Crippen molar-refractivity contribution in [3.63, 3.8) is 0 Å². The monoisotopic (exact) mass is 263 g/mol. The first kappa shape index (κ1) is 14.1. The fourth-order valence-electron chi connectivity index (χ4n) is 2.51. The number of piperidine rings is 1. The minimum Gasteiger partial charge on any atom is -0.355 e. The zero-order valence-electron chi connectivity index (χ0n) is 12.3. The minimum atomic E-state index is 0.549. The summed E-state index contributed by atoms with van der Waals surface area (Å²) in [5.74, 6) is 1.74. The van der Waals surface area contributed by atoms with Gasteiger partial charge in [0.1, 0.15) is 5.82 Å². The second kappa shape index (κ2) is 6.70. The van der Waals surface area contributed by atoms with Gasteiger partial charge >= 0.3 is 0 Å². The molecule has 1 fully saturated rings. The Balaban J connectivity index is 2.03. The Kier molecular flexibility index (Phi) is 4.96. The standard InChI is InChI=1S/C14H25N5/c1-4-8-15-14-16-9-7-13(17-14)19(3)12-6-5-10-18(2)11-12/h7,9,12H,4-6,8,10-11H2,1-3H3,(H,15,16,17). The van der Waals surface area contributed by atoms with E-state index in [9.17, 15) is 0 Å². The summed E-state index contributed by atoms with van der Waals surface area (Å²) in [5, 5.41) is 3.24. The lowest BCUT2D eigenvalue weighted by Gasteiger charge is -2.36. The molecule has 0 amide bonds. The third-order valence-electron chi connectivity index (χ3n) is 3.68. The quantitative estimate of drug-likeness (QED) is 0.878. The molecule has 1 aromatic heterocycles. The molecule has 0 bridgehead atoms. The SMILES string of the molecule is CCCNc1nccc(N(C)C2CCCN(C)C2)n1. The summed E-state index contributed by atoms with van der Waals surface area (Å²) in [6.45, 7) is 5.37. The fourth-order valence-corrected chi connectivity index (χ4v) is 2.51. The van der Waals surface area contributed by atoms with Gasteiger partial charge in [-0.05, 0) is 38.9 Å². The van der Waals surface area contributed by atoms with Crippen molar-refractivity contribution >= 4 is 11.8 Å². The molecule has 1 aromatic rings. The Morgan fingerprint density at radius 1 is 1.53 bits per heavy atom. The molecule has 1 unspecified atom stereocenters. The van der Waals surface area contributed by atoms with Crippen LogP contribution < -0.4 is 10.2 Å². The smallest absolute Gasteiger partial charge is 0.224 e. The van der Waals surface area contributed by atoms with E-state index in [-0.39, 0.29) is 0 Å². The zero-order valence-corrected chi connectivity index (χ0v) is 12.3. The average Bonchev–Trinajstić information content (AvgIpc) is 2.44. The van der Waals surface area contributed by atoms with Crippen LogP contribution in [0.15, 0.2) is 12.3 Å². The maximum absolute atomic E-state index is 4.60. The van der Waals surface area contributed by atoms with Crippen LogP contribution >= 0.6 is 0 Å². The van der Waals surface area contributed by atoms with Crippen molar-refractivity contribution in [2.45, 2.75) is 32.2 Å². The van der Waals surface area contributed by atoms with Crippen LogP contribution in [0.2, 0.25) is 0 Å². The molecule has 1 N–H and O–H groups in total. The van der Waals surface area contributed by atoms with Gasteiger partial charge in [0, 0.05) is 32.4 Å². The van der Waals surface area contributed by atoms with Gasteiger partial charge in [-0.1, -0.05) is 6.92 Å². The van der Waals surface area contributed by atoms with E-state index < -0.39 is 0 Å². The molecule has 0 aliphatic carbocycles. The van der Waals surface area contributed by atoms with Gasteiger partial charge in [-0.3, -0.25) is 0 Å². The second-order valence-electron chi connectivity index (χ2n) is 5.33. The fraction of sp³-hybridized carbons (Fsp3) is 0.714. The van der Waals surface area contributed by atoms with E-state index in [4.69, 9.17) is 0 Å². The first-order valence-corrected chi connectivity index (χ1v) is 7.19. The van der Waals surface area contributed by atoms with Crippen LogP contribution in [0.25, 0.3) is 0 Å². The number of hydrogen-bond acceptors (Lipinski definition) is 5. The topological polar surface area (TPSA) is 44.3 Å². The molecular weight excluding hydrogens is 238 g/mol. The molecule has 0 radical (unpaired) electrons. The Morgan fingerprint density at radius 2 is 2.37 bits per heavy atom. The average molecular weight is 263 g/mol. The van der Waals surface area contributed by atoms with Crippen LogP contribution in [0.1, 0.15) is 26.2 Å². The van der Waals surface area contributed by atoms with Crippen molar-refractivity contribution in [2.24, 2.45) is 0 Å². The summed E-state index contributed by atoms with van der Waals surface area (Å²) in [4.78, 5) is 13.5. The number of likely N-dealkylation sites (N-methyl/N-ethyl adjacent to an activating group) is 2. The minimum absolute atomic E-state index is 0.549. The van der Waals surface area contributed by atoms with Gasteiger partial charge in [0.15, 0.2) is 0 Å². The molecule has 1 aliphatic rings. The summed E-state index contributed by atoms with van der Waals surface area (Å²) in [7, 11) is 4.32. The lowest BCUT2D eigenvalue weighted by atomic mass is 10.1. The van der Waals surface area contributed by atoms with E-state index in [2.05, 4.69) is 46.1 Å². The first-order valence-electron chi connectivity index (χ1n) is 7.19. The van der Waals surface area contributed by atoms with Crippen LogP contribution in [-0.2, 0) is 0 Å². The number of likely N-dealkylation sites (tertiary alicyclic amines) is 1. The predicted molar refractivity (Wildman–Crippen MR) is 79.7 cm³/mol. The van der Waals surface area contributed by atoms with Gasteiger partial charge in [-0.25, -0.2) is 4.98 Å². The highest BCUT2D eigenvalue weighted by Gasteiger charge is 2.22. The van der Waals surface area contributed by atoms with Crippen molar-refractivity contribution in [3.05, 3.63) is 12.3 Å². The van der Waals surface area contributed by atoms with Crippen LogP contribution in [0.5, 0.6) is 0 Å².